The van der Waals surface area contributed by atoms with Crippen molar-refractivity contribution in [3.63, 3.8) is 0 Å². The Labute approximate surface area is 86.7 Å². The van der Waals surface area contributed by atoms with Crippen molar-refractivity contribution >= 4 is 6.09 Å². The molecule has 1 aromatic carbocycles. The first kappa shape index (κ1) is 11.3. The van der Waals surface area contributed by atoms with Crippen molar-refractivity contribution in [3.05, 3.63) is 29.6 Å². The molecule has 1 rings (SSSR count). The molecule has 0 spiro atoms. The number of amides is 1. The third-order valence-electron chi connectivity index (χ3n) is 1.78. The van der Waals surface area contributed by atoms with Crippen LogP contribution in [-0.2, 0) is 0 Å². The molecule has 0 aromatic heterocycles. The first-order chi connectivity index (χ1) is 7.09. The lowest BCUT2D eigenvalue weighted by molar-refractivity contribution is 0.191. The highest BCUT2D eigenvalue weighted by molar-refractivity contribution is 5.64. The Hall–Kier alpha value is -1.78. The number of carbonyl (C=O) groups is 1. The van der Waals surface area contributed by atoms with Gasteiger partial charge in [0, 0.05) is 0 Å². The minimum absolute atomic E-state index is 0.200. The molecule has 0 aliphatic carbocycles. The normalized spacial score (nSPS) is 9.73. The van der Waals surface area contributed by atoms with Gasteiger partial charge < -0.3 is 15.2 Å². The van der Waals surface area contributed by atoms with Crippen molar-refractivity contribution in [1.82, 2.24) is 5.32 Å². The summed E-state index contributed by atoms with van der Waals surface area (Å²) in [6.45, 7) is 2.06. The fraction of sp³-hybridized carbons (Fsp3) is 0.300. The van der Waals surface area contributed by atoms with Crippen LogP contribution in [0.1, 0.15) is 5.56 Å². The van der Waals surface area contributed by atoms with Crippen molar-refractivity contribution in [2.75, 3.05) is 13.2 Å². The van der Waals surface area contributed by atoms with Gasteiger partial charge in [-0.3, -0.25) is 0 Å². The van der Waals surface area contributed by atoms with Crippen molar-refractivity contribution in [2.45, 2.75) is 6.92 Å². The lowest BCUT2D eigenvalue weighted by atomic mass is 10.2. The molecule has 0 radical (unpaired) electrons. The topological polar surface area (TPSA) is 58.6 Å². The predicted octanol–water partition coefficient (Wildman–Crippen LogP) is 1.78. The van der Waals surface area contributed by atoms with Gasteiger partial charge >= 0.3 is 6.09 Å². The van der Waals surface area contributed by atoms with Crippen LogP contribution in [0.4, 0.5) is 9.18 Å². The van der Waals surface area contributed by atoms with Crippen LogP contribution in [0.15, 0.2) is 18.2 Å². The lowest BCUT2D eigenvalue weighted by Gasteiger charge is -2.06. The van der Waals surface area contributed by atoms with Crippen LogP contribution in [-0.4, -0.2) is 24.4 Å². The summed E-state index contributed by atoms with van der Waals surface area (Å²) in [5, 5.41) is 10.4. The Kier molecular flexibility index (Phi) is 3.91. The predicted molar refractivity (Wildman–Crippen MR) is 52.7 cm³/mol. The number of hydrogen-bond acceptors (Lipinski definition) is 2. The fourth-order valence-corrected chi connectivity index (χ4v) is 1.03. The van der Waals surface area contributed by atoms with Crippen molar-refractivity contribution in [2.24, 2.45) is 0 Å². The van der Waals surface area contributed by atoms with Gasteiger partial charge in [-0.15, -0.1) is 0 Å². The molecule has 0 fully saturated rings. The molecule has 5 heteroatoms. The standard InChI is InChI=1S/C10H12FNO3/c1-7-6-8(2-3-9(7)11)15-5-4-12-10(13)14/h2-3,6,12H,4-5H2,1H3,(H,13,14). The SMILES string of the molecule is Cc1cc(OCCNC(=O)O)ccc1F. The molecule has 0 atom stereocenters. The van der Waals surface area contributed by atoms with E-state index in [0.717, 1.165) is 0 Å². The smallest absolute Gasteiger partial charge is 0.404 e. The zero-order chi connectivity index (χ0) is 11.3. The number of benzene rings is 1. The molecule has 82 valence electrons. The van der Waals surface area contributed by atoms with E-state index in [0.29, 0.717) is 11.3 Å². The van der Waals surface area contributed by atoms with Gasteiger partial charge in [-0.05, 0) is 30.7 Å². The molecule has 0 saturated carbocycles. The molecule has 0 bridgehead atoms. The number of nitrogens with one attached hydrogen (secondary N) is 1. The number of aryl methyl sites for hydroxylation is 1. The van der Waals surface area contributed by atoms with Crippen LogP contribution in [0.2, 0.25) is 0 Å². The van der Waals surface area contributed by atoms with E-state index in [-0.39, 0.29) is 19.0 Å². The highest BCUT2D eigenvalue weighted by Gasteiger charge is 2.00. The molecule has 0 heterocycles. The van der Waals surface area contributed by atoms with Gasteiger partial charge in [0.1, 0.15) is 18.2 Å². The van der Waals surface area contributed by atoms with Crippen LogP contribution in [0.25, 0.3) is 0 Å². The molecule has 0 aliphatic heterocycles. The summed E-state index contributed by atoms with van der Waals surface area (Å²) >= 11 is 0. The Balaban J connectivity index is 2.38. The molecular weight excluding hydrogens is 201 g/mol. The molecule has 4 nitrogen and oxygen atoms in total. The quantitative estimate of drug-likeness (QED) is 0.749. The second-order valence-electron chi connectivity index (χ2n) is 2.99. The summed E-state index contributed by atoms with van der Waals surface area (Å²) in [6, 6.07) is 4.38. The molecule has 1 aromatic rings. The van der Waals surface area contributed by atoms with Gasteiger partial charge in [-0.2, -0.15) is 0 Å². The first-order valence-electron chi connectivity index (χ1n) is 4.45. The Morgan fingerprint density at radius 1 is 1.60 bits per heavy atom. The monoisotopic (exact) mass is 213 g/mol. The summed E-state index contributed by atoms with van der Waals surface area (Å²) in [5.74, 6) is 0.243. The molecular formula is C10H12FNO3. The second kappa shape index (κ2) is 5.19. The average molecular weight is 213 g/mol. The average Bonchev–Trinajstić information content (AvgIpc) is 2.18. The van der Waals surface area contributed by atoms with Crippen molar-refractivity contribution in [3.8, 4) is 5.75 Å². The van der Waals surface area contributed by atoms with Gasteiger partial charge in [-0.1, -0.05) is 0 Å². The van der Waals surface area contributed by atoms with Crippen LogP contribution in [0.5, 0.6) is 5.75 Å². The molecule has 1 amide bonds. The van der Waals surface area contributed by atoms with Crippen molar-refractivity contribution in [1.29, 1.82) is 0 Å². The summed E-state index contributed by atoms with van der Waals surface area (Å²) in [4.78, 5) is 10.1. The van der Waals surface area contributed by atoms with Crippen LogP contribution < -0.4 is 10.1 Å². The van der Waals surface area contributed by atoms with Gasteiger partial charge in [0.15, 0.2) is 0 Å². The van der Waals surface area contributed by atoms with E-state index in [9.17, 15) is 9.18 Å². The zero-order valence-electron chi connectivity index (χ0n) is 8.29. The van der Waals surface area contributed by atoms with E-state index in [1.807, 2.05) is 0 Å². The van der Waals surface area contributed by atoms with Crippen LogP contribution in [0.3, 0.4) is 0 Å². The molecule has 2 N–H and O–H groups in total. The first-order valence-corrected chi connectivity index (χ1v) is 4.45. The van der Waals surface area contributed by atoms with Gasteiger partial charge in [0.25, 0.3) is 0 Å². The number of halogens is 1. The fourth-order valence-electron chi connectivity index (χ4n) is 1.03. The Morgan fingerprint density at radius 3 is 2.93 bits per heavy atom. The maximum absolute atomic E-state index is 12.8. The molecule has 0 unspecified atom stereocenters. The summed E-state index contributed by atoms with van der Waals surface area (Å²) < 4.78 is 18.0. The number of carboxylic acid groups (broad SMARTS) is 1. The number of hydrogen-bond donors (Lipinski definition) is 2. The van der Waals surface area contributed by atoms with Crippen LogP contribution in [0, 0.1) is 12.7 Å². The third-order valence-corrected chi connectivity index (χ3v) is 1.78. The summed E-state index contributed by atoms with van der Waals surface area (Å²) in [5.41, 5.74) is 0.499. The van der Waals surface area contributed by atoms with E-state index in [1.165, 1.54) is 12.1 Å². The minimum Gasteiger partial charge on any atom is -0.492 e. The Morgan fingerprint density at radius 2 is 2.33 bits per heavy atom. The molecule has 0 aliphatic rings. The lowest BCUT2D eigenvalue weighted by Crippen LogP contribution is -2.26. The van der Waals surface area contributed by atoms with Crippen molar-refractivity contribution < 1.29 is 19.0 Å². The largest absolute Gasteiger partial charge is 0.492 e. The number of ether oxygens (including phenoxy) is 1. The minimum atomic E-state index is -1.09. The molecule has 15 heavy (non-hydrogen) atoms. The summed E-state index contributed by atoms with van der Waals surface area (Å²) in [6.07, 6.45) is -1.09. The third kappa shape index (κ3) is 3.84. The van der Waals surface area contributed by atoms with Gasteiger partial charge in [0.05, 0.1) is 6.54 Å². The Bertz CT molecular complexity index is 355. The van der Waals surface area contributed by atoms with E-state index in [4.69, 9.17) is 9.84 Å². The maximum Gasteiger partial charge on any atom is 0.404 e. The van der Waals surface area contributed by atoms with Crippen LogP contribution >= 0.6 is 0 Å². The van der Waals surface area contributed by atoms with E-state index < -0.39 is 6.09 Å². The number of rotatable bonds is 4. The molecule has 0 saturated heterocycles. The van der Waals surface area contributed by atoms with E-state index in [1.54, 1.807) is 13.0 Å². The summed E-state index contributed by atoms with van der Waals surface area (Å²) in [7, 11) is 0. The highest BCUT2D eigenvalue weighted by Crippen LogP contribution is 2.15. The highest BCUT2D eigenvalue weighted by atomic mass is 19.1. The second-order valence-corrected chi connectivity index (χ2v) is 2.99. The van der Waals surface area contributed by atoms with E-state index >= 15 is 0 Å². The van der Waals surface area contributed by atoms with E-state index in [2.05, 4.69) is 5.32 Å². The maximum atomic E-state index is 12.8. The van der Waals surface area contributed by atoms with Gasteiger partial charge in [0.2, 0.25) is 0 Å². The van der Waals surface area contributed by atoms with Gasteiger partial charge in [-0.25, -0.2) is 9.18 Å². The zero-order valence-corrected chi connectivity index (χ0v) is 8.29.